The van der Waals surface area contributed by atoms with E-state index in [1.807, 2.05) is 11.8 Å². The summed E-state index contributed by atoms with van der Waals surface area (Å²) in [6, 6.07) is 3.54. The maximum Gasteiger partial charge on any atom is 0.293 e. The molecule has 23 heavy (non-hydrogen) atoms. The molecule has 0 aromatic carbocycles. The number of amides is 1. The van der Waals surface area contributed by atoms with Crippen LogP contribution in [0.15, 0.2) is 32.8 Å². The standard InChI is InChI=1S/C15H14N4O3S/c1-9-12(23-8-16-9)15(20)19-5-4-10(7-19)13-17-14(22-18-13)11-3-2-6-21-11/h2-3,6,8,10H,4-5,7H2,1H3. The minimum absolute atomic E-state index is 0.0299. The fraction of sp³-hybridized carbons (Fsp3) is 0.333. The molecule has 0 spiro atoms. The fourth-order valence-electron chi connectivity index (χ4n) is 2.71. The zero-order valence-electron chi connectivity index (χ0n) is 12.4. The van der Waals surface area contributed by atoms with Gasteiger partial charge in [0.15, 0.2) is 11.6 Å². The first-order chi connectivity index (χ1) is 11.2. The molecule has 118 valence electrons. The van der Waals surface area contributed by atoms with Gasteiger partial charge in [0.05, 0.1) is 17.5 Å². The van der Waals surface area contributed by atoms with E-state index in [-0.39, 0.29) is 11.8 Å². The molecule has 0 radical (unpaired) electrons. The smallest absolute Gasteiger partial charge is 0.293 e. The highest BCUT2D eigenvalue weighted by Gasteiger charge is 2.32. The molecular weight excluding hydrogens is 316 g/mol. The van der Waals surface area contributed by atoms with Gasteiger partial charge in [0.1, 0.15) is 4.88 Å². The van der Waals surface area contributed by atoms with E-state index >= 15 is 0 Å². The fourth-order valence-corrected chi connectivity index (χ4v) is 3.48. The molecule has 1 aliphatic heterocycles. The topological polar surface area (TPSA) is 85.3 Å². The van der Waals surface area contributed by atoms with E-state index in [1.165, 1.54) is 11.3 Å². The number of carbonyl (C=O) groups excluding carboxylic acids is 1. The molecule has 7 nitrogen and oxygen atoms in total. The Morgan fingerprint density at radius 3 is 3.13 bits per heavy atom. The van der Waals surface area contributed by atoms with Gasteiger partial charge < -0.3 is 13.8 Å². The Bertz CT molecular complexity index is 824. The second-order valence-corrected chi connectivity index (χ2v) is 6.29. The molecule has 0 N–H and O–H groups in total. The molecule has 0 saturated carbocycles. The molecule has 3 aromatic rings. The third-order valence-electron chi connectivity index (χ3n) is 3.95. The Balaban J connectivity index is 1.48. The second kappa shape index (κ2) is 5.62. The molecule has 0 aliphatic carbocycles. The molecule has 0 bridgehead atoms. The molecule has 1 unspecified atom stereocenters. The van der Waals surface area contributed by atoms with E-state index in [2.05, 4.69) is 15.1 Å². The van der Waals surface area contributed by atoms with Crippen LogP contribution in [0.2, 0.25) is 0 Å². The van der Waals surface area contributed by atoms with E-state index in [0.717, 1.165) is 12.1 Å². The van der Waals surface area contributed by atoms with Gasteiger partial charge in [0, 0.05) is 19.0 Å². The summed E-state index contributed by atoms with van der Waals surface area (Å²) >= 11 is 1.38. The quantitative estimate of drug-likeness (QED) is 0.734. The van der Waals surface area contributed by atoms with Crippen LogP contribution >= 0.6 is 11.3 Å². The molecule has 4 rings (SSSR count). The van der Waals surface area contributed by atoms with Crippen LogP contribution in [-0.4, -0.2) is 39.0 Å². The van der Waals surface area contributed by atoms with Crippen molar-refractivity contribution in [1.82, 2.24) is 20.0 Å². The monoisotopic (exact) mass is 330 g/mol. The second-order valence-electron chi connectivity index (χ2n) is 5.44. The summed E-state index contributed by atoms with van der Waals surface area (Å²) in [5.41, 5.74) is 2.48. The Labute approximate surface area is 135 Å². The van der Waals surface area contributed by atoms with Gasteiger partial charge in [0.25, 0.3) is 11.8 Å². The van der Waals surface area contributed by atoms with E-state index < -0.39 is 0 Å². The number of hydrogen-bond acceptors (Lipinski definition) is 7. The summed E-state index contributed by atoms with van der Waals surface area (Å²) in [6.07, 6.45) is 2.38. The molecule has 1 aliphatic rings. The summed E-state index contributed by atoms with van der Waals surface area (Å²) in [5.74, 6) is 1.65. The van der Waals surface area contributed by atoms with Crippen LogP contribution in [0.4, 0.5) is 0 Å². The third-order valence-corrected chi connectivity index (χ3v) is 4.87. The van der Waals surface area contributed by atoms with E-state index in [1.54, 1.807) is 23.9 Å². The maximum absolute atomic E-state index is 12.5. The average molecular weight is 330 g/mol. The zero-order valence-corrected chi connectivity index (χ0v) is 13.2. The van der Waals surface area contributed by atoms with Crippen LogP contribution in [0, 0.1) is 6.92 Å². The van der Waals surface area contributed by atoms with Gasteiger partial charge in [-0.15, -0.1) is 11.3 Å². The normalized spacial score (nSPS) is 17.8. The van der Waals surface area contributed by atoms with Crippen molar-refractivity contribution in [3.05, 3.63) is 40.3 Å². The Morgan fingerprint density at radius 2 is 2.39 bits per heavy atom. The number of likely N-dealkylation sites (tertiary alicyclic amines) is 1. The largest absolute Gasteiger partial charge is 0.459 e. The number of carbonyl (C=O) groups is 1. The van der Waals surface area contributed by atoms with Crippen molar-refractivity contribution in [3.63, 3.8) is 0 Å². The molecule has 3 aromatic heterocycles. The minimum Gasteiger partial charge on any atom is -0.459 e. The molecule has 8 heteroatoms. The number of aromatic nitrogens is 3. The number of nitrogens with zero attached hydrogens (tertiary/aromatic N) is 4. The lowest BCUT2D eigenvalue weighted by atomic mass is 10.1. The Hall–Kier alpha value is -2.48. The first-order valence-corrected chi connectivity index (χ1v) is 8.17. The minimum atomic E-state index is 0.0299. The number of hydrogen-bond donors (Lipinski definition) is 0. The lowest BCUT2D eigenvalue weighted by Gasteiger charge is -2.14. The van der Waals surface area contributed by atoms with Gasteiger partial charge in [-0.1, -0.05) is 5.16 Å². The maximum atomic E-state index is 12.5. The average Bonchev–Trinajstić information content (AvgIpc) is 3.31. The van der Waals surface area contributed by atoms with Crippen molar-refractivity contribution in [2.24, 2.45) is 0 Å². The van der Waals surface area contributed by atoms with Crippen molar-refractivity contribution in [2.75, 3.05) is 13.1 Å². The van der Waals surface area contributed by atoms with Crippen LogP contribution in [0.25, 0.3) is 11.7 Å². The van der Waals surface area contributed by atoms with Crippen LogP contribution in [0.1, 0.15) is 33.5 Å². The highest BCUT2D eigenvalue weighted by molar-refractivity contribution is 7.11. The predicted molar refractivity (Wildman–Crippen MR) is 82.1 cm³/mol. The number of furan rings is 1. The van der Waals surface area contributed by atoms with Gasteiger partial charge in [-0.3, -0.25) is 4.79 Å². The first-order valence-electron chi connectivity index (χ1n) is 7.29. The van der Waals surface area contributed by atoms with Gasteiger partial charge in [0.2, 0.25) is 0 Å². The predicted octanol–water partition coefficient (Wildman–Crippen LogP) is 2.72. The lowest BCUT2D eigenvalue weighted by molar-refractivity contribution is 0.0794. The lowest BCUT2D eigenvalue weighted by Crippen LogP contribution is -2.28. The third kappa shape index (κ3) is 2.55. The van der Waals surface area contributed by atoms with Gasteiger partial charge in [-0.2, -0.15) is 4.98 Å². The summed E-state index contributed by atoms with van der Waals surface area (Å²) in [5, 5.41) is 4.03. The molecule has 1 amide bonds. The number of aryl methyl sites for hydroxylation is 1. The van der Waals surface area contributed by atoms with Gasteiger partial charge in [-0.05, 0) is 25.5 Å². The first kappa shape index (κ1) is 14.1. The highest BCUT2D eigenvalue weighted by atomic mass is 32.1. The van der Waals surface area contributed by atoms with Crippen molar-refractivity contribution >= 4 is 17.2 Å². The molecule has 1 fully saturated rings. The molecular formula is C15H14N4O3S. The van der Waals surface area contributed by atoms with Gasteiger partial charge >= 0.3 is 0 Å². The van der Waals surface area contributed by atoms with Gasteiger partial charge in [-0.25, -0.2) is 4.98 Å². The SMILES string of the molecule is Cc1ncsc1C(=O)N1CCC(c2noc(-c3ccco3)n2)C1. The van der Waals surface area contributed by atoms with Crippen LogP contribution in [0.5, 0.6) is 0 Å². The number of thiazole rings is 1. The number of rotatable bonds is 3. The molecule has 4 heterocycles. The summed E-state index contributed by atoms with van der Waals surface area (Å²) in [4.78, 5) is 23.6. The summed E-state index contributed by atoms with van der Waals surface area (Å²) in [7, 11) is 0. The van der Waals surface area contributed by atoms with Crippen LogP contribution < -0.4 is 0 Å². The Morgan fingerprint density at radius 1 is 1.48 bits per heavy atom. The summed E-state index contributed by atoms with van der Waals surface area (Å²) in [6.45, 7) is 3.13. The Kier molecular flexibility index (Phi) is 3.45. The van der Waals surface area contributed by atoms with Crippen molar-refractivity contribution in [2.45, 2.75) is 19.3 Å². The summed E-state index contributed by atoms with van der Waals surface area (Å²) < 4.78 is 10.5. The van der Waals surface area contributed by atoms with E-state index in [9.17, 15) is 4.79 Å². The molecule has 1 saturated heterocycles. The van der Waals surface area contributed by atoms with E-state index in [4.69, 9.17) is 8.94 Å². The van der Waals surface area contributed by atoms with Crippen molar-refractivity contribution in [1.29, 1.82) is 0 Å². The van der Waals surface area contributed by atoms with Crippen molar-refractivity contribution in [3.8, 4) is 11.7 Å². The zero-order chi connectivity index (χ0) is 15.8. The van der Waals surface area contributed by atoms with Crippen LogP contribution in [0.3, 0.4) is 0 Å². The molecule has 1 atom stereocenters. The van der Waals surface area contributed by atoms with E-state index in [0.29, 0.717) is 35.4 Å². The van der Waals surface area contributed by atoms with Crippen LogP contribution in [-0.2, 0) is 0 Å². The van der Waals surface area contributed by atoms with Crippen molar-refractivity contribution < 1.29 is 13.7 Å². The highest BCUT2D eigenvalue weighted by Crippen LogP contribution is 2.29.